The van der Waals surface area contributed by atoms with Gasteiger partial charge in [0.2, 0.25) is 0 Å². The molecule has 0 aliphatic rings. The van der Waals surface area contributed by atoms with Crippen molar-refractivity contribution >= 4 is 10.9 Å². The SMILES string of the molecule is CC(N)CC(C)c1ccc2ncccc2c1. The highest BCUT2D eigenvalue weighted by Crippen LogP contribution is 2.23. The van der Waals surface area contributed by atoms with Gasteiger partial charge in [0.1, 0.15) is 0 Å². The average Bonchev–Trinajstić information content (AvgIpc) is 2.27. The zero-order valence-electron chi connectivity index (χ0n) is 9.85. The summed E-state index contributed by atoms with van der Waals surface area (Å²) in [4.78, 5) is 4.32. The summed E-state index contributed by atoms with van der Waals surface area (Å²) in [6.45, 7) is 4.28. The minimum atomic E-state index is 0.250. The van der Waals surface area contributed by atoms with Crippen molar-refractivity contribution in [1.29, 1.82) is 0 Å². The Balaban J connectivity index is 2.32. The summed E-state index contributed by atoms with van der Waals surface area (Å²) in [5, 5.41) is 1.21. The van der Waals surface area contributed by atoms with Gasteiger partial charge in [-0.2, -0.15) is 0 Å². The lowest BCUT2D eigenvalue weighted by Gasteiger charge is -2.14. The molecule has 0 aliphatic carbocycles. The van der Waals surface area contributed by atoms with Crippen molar-refractivity contribution in [3.63, 3.8) is 0 Å². The second kappa shape index (κ2) is 4.62. The Bertz CT molecular complexity index is 477. The van der Waals surface area contributed by atoms with E-state index in [4.69, 9.17) is 5.73 Å². The predicted molar refractivity (Wildman–Crippen MR) is 68.4 cm³/mol. The van der Waals surface area contributed by atoms with Crippen molar-refractivity contribution in [2.45, 2.75) is 32.2 Å². The van der Waals surface area contributed by atoms with Crippen molar-refractivity contribution in [2.75, 3.05) is 0 Å². The Kier molecular flexibility index (Phi) is 3.20. The van der Waals surface area contributed by atoms with Crippen LogP contribution in [0.25, 0.3) is 10.9 Å². The summed E-state index contributed by atoms with van der Waals surface area (Å²) < 4.78 is 0. The van der Waals surface area contributed by atoms with E-state index in [9.17, 15) is 0 Å². The van der Waals surface area contributed by atoms with Gasteiger partial charge in [0.15, 0.2) is 0 Å². The number of rotatable bonds is 3. The molecule has 1 heterocycles. The average molecular weight is 214 g/mol. The van der Waals surface area contributed by atoms with Crippen LogP contribution in [0.5, 0.6) is 0 Å². The molecule has 1 aromatic heterocycles. The molecule has 2 unspecified atom stereocenters. The van der Waals surface area contributed by atoms with Crippen LogP contribution in [0.15, 0.2) is 36.5 Å². The zero-order valence-corrected chi connectivity index (χ0v) is 9.85. The van der Waals surface area contributed by atoms with E-state index in [1.54, 1.807) is 0 Å². The normalized spacial score (nSPS) is 14.9. The Labute approximate surface area is 96.5 Å². The summed E-state index contributed by atoms with van der Waals surface area (Å²) in [7, 11) is 0. The monoisotopic (exact) mass is 214 g/mol. The first-order chi connectivity index (χ1) is 7.66. The Morgan fingerprint density at radius 3 is 2.81 bits per heavy atom. The second-order valence-corrected chi connectivity index (χ2v) is 4.57. The smallest absolute Gasteiger partial charge is 0.0702 e. The molecule has 84 valence electrons. The summed E-state index contributed by atoms with van der Waals surface area (Å²) >= 11 is 0. The quantitative estimate of drug-likeness (QED) is 0.852. The lowest BCUT2D eigenvalue weighted by molar-refractivity contribution is 0.586. The van der Waals surface area contributed by atoms with Gasteiger partial charge in [0, 0.05) is 17.6 Å². The van der Waals surface area contributed by atoms with Gasteiger partial charge in [-0.1, -0.05) is 19.1 Å². The molecule has 2 heteroatoms. The van der Waals surface area contributed by atoms with Gasteiger partial charge >= 0.3 is 0 Å². The van der Waals surface area contributed by atoms with Gasteiger partial charge in [0.05, 0.1) is 5.52 Å². The predicted octanol–water partition coefficient (Wildman–Crippen LogP) is 3.08. The van der Waals surface area contributed by atoms with Gasteiger partial charge in [0.25, 0.3) is 0 Å². The van der Waals surface area contributed by atoms with Crippen LogP contribution in [0.2, 0.25) is 0 Å². The van der Waals surface area contributed by atoms with E-state index in [0.29, 0.717) is 5.92 Å². The van der Waals surface area contributed by atoms with E-state index in [2.05, 4.69) is 43.1 Å². The molecule has 0 fully saturated rings. The molecule has 0 amide bonds. The summed E-state index contributed by atoms with van der Waals surface area (Å²) in [5.41, 5.74) is 8.23. The Morgan fingerprint density at radius 1 is 1.25 bits per heavy atom. The maximum absolute atomic E-state index is 5.83. The van der Waals surface area contributed by atoms with Crippen molar-refractivity contribution in [3.8, 4) is 0 Å². The van der Waals surface area contributed by atoms with Crippen LogP contribution in [0, 0.1) is 0 Å². The fourth-order valence-electron chi connectivity index (χ4n) is 2.09. The first-order valence-electron chi connectivity index (χ1n) is 5.77. The third-order valence-corrected chi connectivity index (χ3v) is 2.92. The highest BCUT2D eigenvalue weighted by Gasteiger charge is 2.08. The van der Waals surface area contributed by atoms with Crippen molar-refractivity contribution in [2.24, 2.45) is 5.73 Å². The number of fused-ring (bicyclic) bond motifs is 1. The summed E-state index contributed by atoms with van der Waals surface area (Å²) in [5.74, 6) is 0.504. The van der Waals surface area contributed by atoms with Crippen molar-refractivity contribution in [3.05, 3.63) is 42.1 Å². The molecular formula is C14H18N2. The van der Waals surface area contributed by atoms with E-state index in [1.165, 1.54) is 10.9 Å². The minimum absolute atomic E-state index is 0.250. The number of pyridine rings is 1. The van der Waals surface area contributed by atoms with Crippen LogP contribution in [0.1, 0.15) is 31.7 Å². The molecule has 2 aromatic rings. The van der Waals surface area contributed by atoms with Crippen molar-refractivity contribution < 1.29 is 0 Å². The lowest BCUT2D eigenvalue weighted by atomic mass is 9.94. The number of benzene rings is 1. The minimum Gasteiger partial charge on any atom is -0.328 e. The molecule has 2 nitrogen and oxygen atoms in total. The Hall–Kier alpha value is -1.41. The highest BCUT2D eigenvalue weighted by atomic mass is 14.6. The number of nitrogens with zero attached hydrogens (tertiary/aromatic N) is 1. The first-order valence-corrected chi connectivity index (χ1v) is 5.77. The van der Waals surface area contributed by atoms with Crippen molar-refractivity contribution in [1.82, 2.24) is 4.98 Å². The molecule has 0 aliphatic heterocycles. The molecular weight excluding hydrogens is 196 g/mol. The molecule has 0 saturated heterocycles. The molecule has 16 heavy (non-hydrogen) atoms. The standard InChI is InChI=1S/C14H18N2/c1-10(8-11(2)15)12-5-6-14-13(9-12)4-3-7-16-14/h3-7,9-11H,8,15H2,1-2H3. The van der Waals surface area contributed by atoms with Crippen LogP contribution in [-0.2, 0) is 0 Å². The Morgan fingerprint density at radius 2 is 2.06 bits per heavy atom. The van der Waals surface area contributed by atoms with Crippen LogP contribution in [0.4, 0.5) is 0 Å². The zero-order chi connectivity index (χ0) is 11.5. The van der Waals surface area contributed by atoms with E-state index in [0.717, 1.165) is 11.9 Å². The molecule has 0 spiro atoms. The van der Waals surface area contributed by atoms with Crippen LogP contribution in [0.3, 0.4) is 0 Å². The third kappa shape index (κ3) is 2.39. The fourth-order valence-corrected chi connectivity index (χ4v) is 2.09. The largest absolute Gasteiger partial charge is 0.328 e. The topological polar surface area (TPSA) is 38.9 Å². The molecule has 1 aromatic carbocycles. The van der Waals surface area contributed by atoms with E-state index >= 15 is 0 Å². The fraction of sp³-hybridized carbons (Fsp3) is 0.357. The molecule has 2 atom stereocenters. The van der Waals surface area contributed by atoms with Crippen LogP contribution < -0.4 is 5.73 Å². The van der Waals surface area contributed by atoms with Crippen LogP contribution in [-0.4, -0.2) is 11.0 Å². The molecule has 0 saturated carbocycles. The van der Waals surface area contributed by atoms with Gasteiger partial charge in [-0.3, -0.25) is 4.98 Å². The number of aromatic nitrogens is 1. The molecule has 0 radical (unpaired) electrons. The maximum Gasteiger partial charge on any atom is 0.0702 e. The van der Waals surface area contributed by atoms with E-state index < -0.39 is 0 Å². The first kappa shape index (κ1) is 11.1. The van der Waals surface area contributed by atoms with Crippen LogP contribution >= 0.6 is 0 Å². The van der Waals surface area contributed by atoms with Gasteiger partial charge in [-0.15, -0.1) is 0 Å². The lowest BCUT2D eigenvalue weighted by Crippen LogP contribution is -2.17. The van der Waals surface area contributed by atoms with Gasteiger partial charge in [-0.05, 0) is 43.0 Å². The molecule has 2 rings (SSSR count). The van der Waals surface area contributed by atoms with Gasteiger partial charge in [-0.25, -0.2) is 0 Å². The summed E-state index contributed by atoms with van der Waals surface area (Å²) in [6, 6.07) is 10.8. The highest BCUT2D eigenvalue weighted by molar-refractivity contribution is 5.79. The van der Waals surface area contributed by atoms with Gasteiger partial charge < -0.3 is 5.73 Å². The summed E-state index contributed by atoms with van der Waals surface area (Å²) in [6.07, 6.45) is 2.85. The number of hydrogen-bond donors (Lipinski definition) is 1. The number of hydrogen-bond acceptors (Lipinski definition) is 2. The van der Waals surface area contributed by atoms with E-state index in [1.807, 2.05) is 12.3 Å². The third-order valence-electron chi connectivity index (χ3n) is 2.92. The maximum atomic E-state index is 5.83. The van der Waals surface area contributed by atoms with E-state index in [-0.39, 0.29) is 6.04 Å². The molecule has 2 N–H and O–H groups in total. The molecule has 0 bridgehead atoms. The number of nitrogens with two attached hydrogens (primary N) is 1. The second-order valence-electron chi connectivity index (χ2n) is 4.57.